The molecule has 0 N–H and O–H groups in total. The zero-order valence-electron chi connectivity index (χ0n) is 20.9. The molecule has 3 aromatic rings. The van der Waals surface area contributed by atoms with Crippen molar-refractivity contribution >= 4 is 38.7 Å². The van der Waals surface area contributed by atoms with E-state index in [1.54, 1.807) is 0 Å². The number of aryl methyl sites for hydroxylation is 1. The summed E-state index contributed by atoms with van der Waals surface area (Å²) in [7, 11) is 11.0. The average Bonchev–Trinajstić information content (AvgIpc) is 3.48. The van der Waals surface area contributed by atoms with Crippen LogP contribution in [0.25, 0.3) is 12.2 Å². The molecule has 2 aliphatic carbocycles. The molecule has 0 spiro atoms. The van der Waals surface area contributed by atoms with Crippen LogP contribution in [0.1, 0.15) is 65.0 Å². The fraction of sp³-hybridized carbons (Fsp3) is 0.258. The summed E-state index contributed by atoms with van der Waals surface area (Å²) in [6.45, 7) is 10.5. The molecule has 2 radical (unpaired) electrons. The molecular weight excluding hydrogens is 563 g/mol. The zero-order chi connectivity index (χ0) is 25.5. The fourth-order valence-corrected chi connectivity index (χ4v) is 4.10. The molecule has 5 rings (SSSR count). The van der Waals surface area contributed by atoms with Crippen molar-refractivity contribution in [3.8, 4) is 0 Å². The van der Waals surface area contributed by atoms with E-state index in [1.165, 1.54) is 46.2 Å². The predicted molar refractivity (Wildman–Crippen MR) is 154 cm³/mol. The molecule has 4 heteroatoms. The molecular formula is C31H34Cl2SiZr. The Labute approximate surface area is 234 Å². The number of fused-ring (bicyclic) bond motifs is 2. The van der Waals surface area contributed by atoms with Gasteiger partial charge in [0.15, 0.2) is 0 Å². The predicted octanol–water partition coefficient (Wildman–Crippen LogP) is 9.78. The number of halogens is 2. The van der Waals surface area contributed by atoms with E-state index in [1.807, 2.05) is 0 Å². The number of hydrogen-bond acceptors (Lipinski definition) is 0. The van der Waals surface area contributed by atoms with Gasteiger partial charge in [-0.05, 0) is 16.7 Å². The standard InChI is InChI=1S/C19H19.C10H9.C2H6Si.2ClH.Zr/c1-2-3-7-15-8-6-10-17(14-15)19-13-12-16-9-4-5-11-18(16)19;1-8-6-7-9-4-2-3-5-10(8)9;1-3-2;;;/h4-6,9-14,19H,2-3,7H2,1H3;2-8H,1H2;1-2H3;2*1H;/q2*-1;;;;+4/p-2. The summed E-state index contributed by atoms with van der Waals surface area (Å²) in [5, 5.41) is 0. The van der Waals surface area contributed by atoms with E-state index in [-0.39, 0.29) is 0 Å². The Bertz CT molecular complexity index is 1070. The van der Waals surface area contributed by atoms with Gasteiger partial charge < -0.3 is 6.92 Å². The van der Waals surface area contributed by atoms with Gasteiger partial charge >= 0.3 is 37.9 Å². The minimum absolute atomic E-state index is 0.371. The monoisotopic (exact) mass is 594 g/mol. The minimum atomic E-state index is -0.826. The number of allylic oxidation sites excluding steroid dienone is 2. The van der Waals surface area contributed by atoms with Crippen LogP contribution in [0, 0.1) is 13.0 Å². The summed E-state index contributed by atoms with van der Waals surface area (Å²) in [5.41, 5.74) is 8.19. The van der Waals surface area contributed by atoms with Crippen molar-refractivity contribution in [1.82, 2.24) is 0 Å². The molecule has 2 aliphatic rings. The van der Waals surface area contributed by atoms with Gasteiger partial charge in [0, 0.05) is 15.4 Å². The van der Waals surface area contributed by atoms with Crippen LogP contribution in [-0.4, -0.2) is 9.52 Å². The van der Waals surface area contributed by atoms with Crippen LogP contribution in [0.3, 0.4) is 0 Å². The van der Waals surface area contributed by atoms with Crippen LogP contribution < -0.4 is 0 Å². The van der Waals surface area contributed by atoms with Crippen LogP contribution in [-0.2, 0) is 27.3 Å². The molecule has 0 fully saturated rings. The maximum atomic E-state index is 4.93. The van der Waals surface area contributed by atoms with Gasteiger partial charge in [-0.25, -0.2) is 0 Å². The molecule has 0 saturated carbocycles. The Morgan fingerprint density at radius 3 is 2.11 bits per heavy atom. The second-order valence-corrected chi connectivity index (χ2v) is 13.1. The molecule has 0 aromatic heterocycles. The number of unbranched alkanes of at least 4 members (excludes halogenated alkanes) is 1. The van der Waals surface area contributed by atoms with Gasteiger partial charge in [-0.1, -0.05) is 112 Å². The number of hydrogen-bond donors (Lipinski definition) is 0. The molecule has 0 aliphatic heterocycles. The molecule has 0 saturated heterocycles. The van der Waals surface area contributed by atoms with Crippen LogP contribution in [0.4, 0.5) is 0 Å². The van der Waals surface area contributed by atoms with E-state index < -0.39 is 20.8 Å². The Morgan fingerprint density at radius 2 is 1.49 bits per heavy atom. The number of rotatable bonds is 4. The van der Waals surface area contributed by atoms with Crippen molar-refractivity contribution in [3.05, 3.63) is 125 Å². The van der Waals surface area contributed by atoms with E-state index in [4.69, 9.17) is 17.0 Å². The van der Waals surface area contributed by atoms with Gasteiger partial charge in [-0.3, -0.25) is 0 Å². The van der Waals surface area contributed by atoms with E-state index in [2.05, 4.69) is 124 Å². The van der Waals surface area contributed by atoms with Gasteiger partial charge in [0.2, 0.25) is 0 Å². The van der Waals surface area contributed by atoms with E-state index in [9.17, 15) is 0 Å². The third kappa shape index (κ3) is 9.66. The summed E-state index contributed by atoms with van der Waals surface area (Å²) >= 11 is -0.826. The summed E-state index contributed by atoms with van der Waals surface area (Å²) in [4.78, 5) is 0. The molecule has 35 heavy (non-hydrogen) atoms. The summed E-state index contributed by atoms with van der Waals surface area (Å²) in [5.74, 6) is 0.794. The molecule has 3 aromatic carbocycles. The van der Waals surface area contributed by atoms with E-state index in [0.29, 0.717) is 11.8 Å². The van der Waals surface area contributed by atoms with Crippen LogP contribution in [0.2, 0.25) is 13.1 Å². The van der Waals surface area contributed by atoms with Crippen molar-refractivity contribution in [2.45, 2.75) is 51.1 Å². The van der Waals surface area contributed by atoms with Crippen molar-refractivity contribution in [2.75, 3.05) is 0 Å². The SMILES string of the molecule is CCCCc1[c-]ccc(C2C=Cc3ccccc32)c1.C[Si]C.[CH2-]C1C=Cc2ccccc21.[Cl][Zr+2][Cl]. The fourth-order valence-electron chi connectivity index (χ4n) is 4.10. The van der Waals surface area contributed by atoms with Crippen molar-refractivity contribution in [1.29, 1.82) is 0 Å². The normalized spacial score (nSPS) is 15.8. The summed E-state index contributed by atoms with van der Waals surface area (Å²) in [6.07, 6.45) is 12.4. The summed E-state index contributed by atoms with van der Waals surface area (Å²) < 4.78 is 0. The first-order valence-corrected chi connectivity index (χ1v) is 20.3. The zero-order valence-corrected chi connectivity index (χ0v) is 25.9. The molecule has 0 bridgehead atoms. The van der Waals surface area contributed by atoms with Crippen LogP contribution in [0.15, 0.2) is 78.9 Å². The van der Waals surface area contributed by atoms with Gasteiger partial charge in [0.1, 0.15) is 0 Å². The van der Waals surface area contributed by atoms with Crippen LogP contribution >= 0.6 is 17.0 Å². The third-order valence-electron chi connectivity index (χ3n) is 5.75. The van der Waals surface area contributed by atoms with Gasteiger partial charge in [0.25, 0.3) is 0 Å². The van der Waals surface area contributed by atoms with Crippen LogP contribution in [0.5, 0.6) is 0 Å². The second-order valence-electron chi connectivity index (χ2n) is 8.38. The first-order valence-electron chi connectivity index (χ1n) is 12.0. The first-order chi connectivity index (χ1) is 17.1. The van der Waals surface area contributed by atoms with Crippen molar-refractivity contribution < 1.29 is 20.8 Å². The van der Waals surface area contributed by atoms with Gasteiger partial charge in [0.05, 0.1) is 0 Å². The van der Waals surface area contributed by atoms with E-state index in [0.717, 1.165) is 15.9 Å². The quantitative estimate of drug-likeness (QED) is 0.208. The topological polar surface area (TPSA) is 0 Å². The summed E-state index contributed by atoms with van der Waals surface area (Å²) in [6, 6.07) is 27.0. The molecule has 0 nitrogen and oxygen atoms in total. The maximum absolute atomic E-state index is 4.93. The molecule has 0 heterocycles. The molecule has 2 unspecified atom stereocenters. The Morgan fingerprint density at radius 1 is 0.914 bits per heavy atom. The Hall–Kier alpha value is -1.18. The number of benzene rings is 3. The van der Waals surface area contributed by atoms with Gasteiger partial charge in [-0.15, -0.1) is 17.6 Å². The second kappa shape index (κ2) is 17.3. The molecule has 0 amide bonds. The molecule has 2 atom stereocenters. The van der Waals surface area contributed by atoms with Crippen molar-refractivity contribution in [3.63, 3.8) is 0 Å². The van der Waals surface area contributed by atoms with E-state index >= 15 is 0 Å². The molecule has 180 valence electrons. The Balaban J connectivity index is 0.000000225. The first kappa shape index (κ1) is 30.0. The van der Waals surface area contributed by atoms with Crippen molar-refractivity contribution in [2.24, 2.45) is 0 Å². The average molecular weight is 597 g/mol. The third-order valence-corrected chi connectivity index (χ3v) is 5.75. The van der Waals surface area contributed by atoms with Gasteiger partial charge in [-0.2, -0.15) is 29.8 Å². The Kier molecular flexibility index (Phi) is 14.9.